The number of carboxylic acids is 1. The first-order chi connectivity index (χ1) is 10.6. The minimum atomic E-state index is -0.829. The Balaban J connectivity index is 1.76. The van der Waals surface area contributed by atoms with E-state index in [-0.39, 0.29) is 17.7 Å². The van der Waals surface area contributed by atoms with Crippen molar-refractivity contribution in [2.24, 2.45) is 23.7 Å². The van der Waals surface area contributed by atoms with E-state index in [2.05, 4.69) is 5.32 Å². The Morgan fingerprint density at radius 1 is 1.05 bits per heavy atom. The highest BCUT2D eigenvalue weighted by Gasteiger charge is 2.50. The second-order valence-corrected chi connectivity index (χ2v) is 6.28. The quantitative estimate of drug-likeness (QED) is 0.897. The Hall–Kier alpha value is -2.04. The number of hydrogen-bond donors (Lipinski definition) is 2. The lowest BCUT2D eigenvalue weighted by molar-refractivity contribution is -0.156. The van der Waals surface area contributed by atoms with Crippen LogP contribution in [0.3, 0.4) is 0 Å². The number of ether oxygens (including phenoxy) is 1. The predicted molar refractivity (Wildman–Crippen MR) is 81.7 cm³/mol. The zero-order valence-corrected chi connectivity index (χ0v) is 12.6. The van der Waals surface area contributed by atoms with Gasteiger partial charge in [0.1, 0.15) is 5.75 Å². The van der Waals surface area contributed by atoms with E-state index in [4.69, 9.17) is 4.74 Å². The Morgan fingerprint density at radius 3 is 2.09 bits per heavy atom. The molecule has 0 unspecified atom stereocenters. The molecule has 118 valence electrons. The van der Waals surface area contributed by atoms with E-state index in [1.165, 1.54) is 0 Å². The molecule has 22 heavy (non-hydrogen) atoms. The first-order valence-corrected chi connectivity index (χ1v) is 7.78. The van der Waals surface area contributed by atoms with Crippen molar-refractivity contribution >= 4 is 17.6 Å². The van der Waals surface area contributed by atoms with Crippen LogP contribution in [0.5, 0.6) is 5.75 Å². The van der Waals surface area contributed by atoms with Crippen LogP contribution in [0.4, 0.5) is 5.69 Å². The van der Waals surface area contributed by atoms with E-state index in [0.717, 1.165) is 31.4 Å². The summed E-state index contributed by atoms with van der Waals surface area (Å²) in [6.07, 6.45) is 3.81. The summed E-state index contributed by atoms with van der Waals surface area (Å²) in [5, 5.41) is 12.4. The minimum absolute atomic E-state index is 0.147. The Kier molecular flexibility index (Phi) is 4.05. The Labute approximate surface area is 129 Å². The molecule has 1 aromatic rings. The average molecular weight is 303 g/mol. The average Bonchev–Trinajstić information content (AvgIpc) is 2.55. The minimum Gasteiger partial charge on any atom is -0.497 e. The number of methoxy groups -OCH3 is 1. The molecule has 3 fully saturated rings. The molecule has 0 saturated heterocycles. The first-order valence-electron chi connectivity index (χ1n) is 7.78. The molecule has 0 radical (unpaired) electrons. The topological polar surface area (TPSA) is 75.6 Å². The van der Waals surface area contributed by atoms with Gasteiger partial charge in [-0.15, -0.1) is 0 Å². The molecule has 2 atom stereocenters. The maximum Gasteiger partial charge on any atom is 0.307 e. The fourth-order valence-electron chi connectivity index (χ4n) is 4.08. The predicted octanol–water partition coefficient (Wildman–Crippen LogP) is 2.77. The molecular formula is C17H21NO4. The molecule has 5 heteroatoms. The van der Waals surface area contributed by atoms with Gasteiger partial charge in [-0.3, -0.25) is 9.59 Å². The summed E-state index contributed by atoms with van der Waals surface area (Å²) in [7, 11) is 1.59. The zero-order valence-electron chi connectivity index (χ0n) is 12.6. The van der Waals surface area contributed by atoms with Gasteiger partial charge < -0.3 is 15.2 Å². The summed E-state index contributed by atoms with van der Waals surface area (Å²) in [4.78, 5) is 24.2. The second kappa shape index (κ2) is 5.99. The van der Waals surface area contributed by atoms with Crippen molar-refractivity contribution < 1.29 is 19.4 Å². The van der Waals surface area contributed by atoms with Crippen molar-refractivity contribution in [2.75, 3.05) is 12.4 Å². The molecule has 3 aliphatic rings. The molecular weight excluding hydrogens is 282 g/mol. The number of benzene rings is 1. The van der Waals surface area contributed by atoms with E-state index >= 15 is 0 Å². The molecule has 0 spiro atoms. The van der Waals surface area contributed by atoms with Gasteiger partial charge in [-0.2, -0.15) is 0 Å². The van der Waals surface area contributed by atoms with Crippen LogP contribution in [0.25, 0.3) is 0 Å². The van der Waals surface area contributed by atoms with Crippen molar-refractivity contribution in [1.82, 2.24) is 0 Å². The normalized spacial score (nSPS) is 29.9. The van der Waals surface area contributed by atoms with Crippen molar-refractivity contribution in [3.63, 3.8) is 0 Å². The number of nitrogens with one attached hydrogen (secondary N) is 1. The van der Waals surface area contributed by atoms with Crippen molar-refractivity contribution in [2.45, 2.75) is 25.7 Å². The zero-order chi connectivity index (χ0) is 15.7. The van der Waals surface area contributed by atoms with Crippen molar-refractivity contribution in [3.05, 3.63) is 24.3 Å². The molecule has 2 bridgehead atoms. The Morgan fingerprint density at radius 2 is 1.59 bits per heavy atom. The monoisotopic (exact) mass is 303 g/mol. The first kappa shape index (κ1) is 14.9. The molecule has 3 saturated carbocycles. The van der Waals surface area contributed by atoms with Gasteiger partial charge in [-0.05, 0) is 61.8 Å². The molecule has 3 aliphatic carbocycles. The largest absolute Gasteiger partial charge is 0.497 e. The smallest absolute Gasteiger partial charge is 0.307 e. The third-order valence-corrected chi connectivity index (χ3v) is 5.16. The van der Waals surface area contributed by atoms with Gasteiger partial charge in [0.05, 0.1) is 18.9 Å². The molecule has 0 aliphatic heterocycles. The van der Waals surface area contributed by atoms with Crippen LogP contribution in [0.1, 0.15) is 25.7 Å². The van der Waals surface area contributed by atoms with Gasteiger partial charge in [-0.25, -0.2) is 0 Å². The van der Waals surface area contributed by atoms with Gasteiger partial charge in [-0.1, -0.05) is 0 Å². The summed E-state index contributed by atoms with van der Waals surface area (Å²) in [6, 6.07) is 7.09. The maximum absolute atomic E-state index is 12.6. The van der Waals surface area contributed by atoms with E-state index in [1.54, 1.807) is 31.4 Å². The third kappa shape index (κ3) is 2.67. The third-order valence-electron chi connectivity index (χ3n) is 5.16. The lowest BCUT2D eigenvalue weighted by Gasteiger charge is -2.45. The van der Waals surface area contributed by atoms with Crippen molar-refractivity contribution in [1.29, 1.82) is 0 Å². The maximum atomic E-state index is 12.6. The SMILES string of the molecule is COc1ccc(NC(=O)[C@H]2C3CCC(CC3)[C@H]2C(=O)O)cc1. The summed E-state index contributed by atoms with van der Waals surface area (Å²) in [5.41, 5.74) is 0.677. The standard InChI is InChI=1S/C17H21NO4/c1-22-13-8-6-12(7-9-13)18-16(19)14-10-2-4-11(5-3-10)15(14)17(20)21/h6-11,14-15H,2-5H2,1H3,(H,18,19)(H,20,21)/t10?,11?,14-,15+/m0/s1. The van der Waals surface area contributed by atoms with E-state index in [1.807, 2.05) is 0 Å². The highest BCUT2D eigenvalue weighted by atomic mass is 16.5. The number of anilines is 1. The van der Waals surface area contributed by atoms with E-state index < -0.39 is 17.8 Å². The van der Waals surface area contributed by atoms with Crippen LogP contribution in [-0.2, 0) is 9.59 Å². The molecule has 0 aromatic heterocycles. The number of aliphatic carboxylic acids is 1. The van der Waals surface area contributed by atoms with Gasteiger partial charge in [0.25, 0.3) is 0 Å². The number of fused-ring (bicyclic) bond motifs is 3. The molecule has 0 heterocycles. The van der Waals surface area contributed by atoms with E-state index in [0.29, 0.717) is 5.69 Å². The van der Waals surface area contributed by atoms with Gasteiger partial charge >= 0.3 is 5.97 Å². The lowest BCUT2D eigenvalue weighted by atomic mass is 9.58. The number of rotatable bonds is 4. The fraction of sp³-hybridized carbons (Fsp3) is 0.529. The van der Waals surface area contributed by atoms with Gasteiger partial charge in [0.15, 0.2) is 0 Å². The number of carbonyl (C=O) groups is 2. The molecule has 1 aromatic carbocycles. The molecule has 2 N–H and O–H groups in total. The lowest BCUT2D eigenvalue weighted by Crippen LogP contribution is -2.49. The number of carbonyl (C=O) groups excluding carboxylic acids is 1. The highest BCUT2D eigenvalue weighted by Crippen LogP contribution is 2.49. The summed E-state index contributed by atoms with van der Waals surface area (Å²) in [6.45, 7) is 0. The number of hydrogen-bond acceptors (Lipinski definition) is 3. The highest BCUT2D eigenvalue weighted by molar-refractivity contribution is 5.95. The van der Waals surface area contributed by atoms with Gasteiger partial charge in [0, 0.05) is 5.69 Å². The molecule has 1 amide bonds. The summed E-state index contributed by atoms with van der Waals surface area (Å²) >= 11 is 0. The second-order valence-electron chi connectivity index (χ2n) is 6.28. The van der Waals surface area contributed by atoms with Crippen molar-refractivity contribution in [3.8, 4) is 5.75 Å². The van der Waals surface area contributed by atoms with Crippen LogP contribution in [0, 0.1) is 23.7 Å². The van der Waals surface area contributed by atoms with Crippen LogP contribution < -0.4 is 10.1 Å². The fourth-order valence-corrected chi connectivity index (χ4v) is 4.08. The van der Waals surface area contributed by atoms with Crippen LogP contribution in [0.15, 0.2) is 24.3 Å². The summed E-state index contributed by atoms with van der Waals surface area (Å²) < 4.78 is 5.09. The molecule has 4 rings (SSSR count). The van der Waals surface area contributed by atoms with Gasteiger partial charge in [0.2, 0.25) is 5.91 Å². The summed E-state index contributed by atoms with van der Waals surface area (Å²) in [5.74, 6) is -0.870. The number of amides is 1. The Bertz CT molecular complexity index is 561. The van der Waals surface area contributed by atoms with Crippen LogP contribution >= 0.6 is 0 Å². The van der Waals surface area contributed by atoms with Crippen LogP contribution in [-0.4, -0.2) is 24.1 Å². The van der Waals surface area contributed by atoms with Crippen LogP contribution in [0.2, 0.25) is 0 Å². The molecule has 5 nitrogen and oxygen atoms in total. The number of carboxylic acid groups (broad SMARTS) is 1. The van der Waals surface area contributed by atoms with E-state index in [9.17, 15) is 14.7 Å².